The van der Waals surface area contributed by atoms with Gasteiger partial charge in [0.25, 0.3) is 5.69 Å². The van der Waals surface area contributed by atoms with Gasteiger partial charge in [0, 0.05) is 28.5 Å². The fourth-order valence-electron chi connectivity index (χ4n) is 1.71. The molecule has 0 spiro atoms. The number of nitrogens with one attached hydrogen (secondary N) is 2. The van der Waals surface area contributed by atoms with Gasteiger partial charge in [-0.05, 0) is 30.7 Å². The van der Waals surface area contributed by atoms with E-state index < -0.39 is 4.92 Å². The van der Waals surface area contributed by atoms with Crippen LogP contribution >= 0.6 is 11.6 Å². The summed E-state index contributed by atoms with van der Waals surface area (Å²) in [5.41, 5.74) is 5.04. The van der Waals surface area contributed by atoms with Crippen molar-refractivity contribution in [3.05, 3.63) is 57.1 Å². The van der Waals surface area contributed by atoms with Crippen molar-refractivity contribution < 1.29 is 4.92 Å². The number of non-ortho nitro benzene ring substituents is 1. The van der Waals surface area contributed by atoms with Crippen LogP contribution in [0.5, 0.6) is 0 Å². The maximum Gasteiger partial charge on any atom is 0.273 e. The number of nitrogens with two attached hydrogens (primary N) is 1. The molecule has 0 bridgehead atoms. The summed E-state index contributed by atoms with van der Waals surface area (Å²) in [5.74, 6) is 5.30. The predicted molar refractivity (Wildman–Crippen MR) is 80.4 cm³/mol. The molecule has 0 saturated heterocycles. The van der Waals surface area contributed by atoms with Crippen LogP contribution in [-0.2, 0) is 0 Å². The first-order chi connectivity index (χ1) is 9.49. The Balaban J connectivity index is 2.34. The number of rotatable bonds is 4. The smallest absolute Gasteiger partial charge is 0.273 e. The van der Waals surface area contributed by atoms with E-state index in [4.69, 9.17) is 17.4 Å². The summed E-state index contributed by atoms with van der Waals surface area (Å²) in [4.78, 5) is 10.4. The van der Waals surface area contributed by atoms with E-state index >= 15 is 0 Å². The van der Waals surface area contributed by atoms with Gasteiger partial charge in [-0.15, -0.1) is 0 Å². The number of hydrazine groups is 1. The molecular formula is C13H13ClN4O2. The Bertz CT molecular complexity index is 661. The van der Waals surface area contributed by atoms with Crippen molar-refractivity contribution in [2.24, 2.45) is 5.84 Å². The molecule has 2 aromatic rings. The van der Waals surface area contributed by atoms with Crippen LogP contribution in [0.15, 0.2) is 36.4 Å². The van der Waals surface area contributed by atoms with E-state index in [1.54, 1.807) is 12.1 Å². The number of nitrogens with zero attached hydrogens (tertiary/aromatic N) is 1. The van der Waals surface area contributed by atoms with Crippen LogP contribution in [0.25, 0.3) is 0 Å². The normalized spacial score (nSPS) is 10.2. The standard InChI is InChI=1S/C13H13ClN4O2/c1-8-2-3-9(7-13(8)14)16-10-4-11(17-15)6-12(5-10)18(19)20/h2-7,16-17H,15H2,1H3. The Morgan fingerprint density at radius 1 is 1.15 bits per heavy atom. The van der Waals surface area contributed by atoms with Gasteiger partial charge in [0.1, 0.15) is 0 Å². The minimum atomic E-state index is -0.478. The van der Waals surface area contributed by atoms with Gasteiger partial charge in [-0.3, -0.25) is 16.0 Å². The Kier molecular flexibility index (Phi) is 4.07. The molecule has 104 valence electrons. The molecule has 4 N–H and O–H groups in total. The van der Waals surface area contributed by atoms with Crippen LogP contribution in [0.1, 0.15) is 5.56 Å². The Morgan fingerprint density at radius 3 is 2.45 bits per heavy atom. The summed E-state index contributed by atoms with van der Waals surface area (Å²) in [6.07, 6.45) is 0. The molecule has 0 aliphatic rings. The molecule has 0 aliphatic carbocycles. The highest BCUT2D eigenvalue weighted by atomic mass is 35.5. The first-order valence-electron chi connectivity index (χ1n) is 5.79. The molecule has 20 heavy (non-hydrogen) atoms. The highest BCUT2D eigenvalue weighted by Gasteiger charge is 2.10. The van der Waals surface area contributed by atoms with Gasteiger partial charge in [-0.1, -0.05) is 17.7 Å². The number of nitro groups is 1. The largest absolute Gasteiger partial charge is 0.355 e. The first kappa shape index (κ1) is 14.1. The lowest BCUT2D eigenvalue weighted by Crippen LogP contribution is -2.07. The van der Waals surface area contributed by atoms with Crippen LogP contribution in [0.2, 0.25) is 5.02 Å². The van der Waals surface area contributed by atoms with Crippen LogP contribution in [0, 0.1) is 17.0 Å². The monoisotopic (exact) mass is 292 g/mol. The first-order valence-corrected chi connectivity index (χ1v) is 6.16. The molecule has 7 heteroatoms. The van der Waals surface area contributed by atoms with Gasteiger partial charge in [0.15, 0.2) is 0 Å². The summed E-state index contributed by atoms with van der Waals surface area (Å²) in [6, 6.07) is 9.91. The molecule has 0 aliphatic heterocycles. The van der Waals surface area contributed by atoms with Crippen molar-refractivity contribution in [3.63, 3.8) is 0 Å². The molecule has 0 amide bonds. The zero-order valence-electron chi connectivity index (χ0n) is 10.7. The molecule has 0 aromatic heterocycles. The Morgan fingerprint density at radius 2 is 1.85 bits per heavy atom. The van der Waals surface area contributed by atoms with Gasteiger partial charge < -0.3 is 10.7 Å². The zero-order chi connectivity index (χ0) is 14.7. The second-order valence-electron chi connectivity index (χ2n) is 4.26. The predicted octanol–water partition coefficient (Wildman–Crippen LogP) is 3.59. The lowest BCUT2D eigenvalue weighted by atomic mass is 10.2. The zero-order valence-corrected chi connectivity index (χ0v) is 11.4. The van der Waals surface area contributed by atoms with Crippen molar-refractivity contribution in [1.82, 2.24) is 0 Å². The molecule has 0 saturated carbocycles. The van der Waals surface area contributed by atoms with Crippen LogP contribution in [0.3, 0.4) is 0 Å². The van der Waals surface area contributed by atoms with E-state index in [1.165, 1.54) is 12.1 Å². The Labute approximate surface area is 120 Å². The molecule has 0 radical (unpaired) electrons. The van der Waals surface area contributed by atoms with E-state index in [0.29, 0.717) is 16.4 Å². The van der Waals surface area contributed by atoms with Crippen molar-refractivity contribution >= 4 is 34.4 Å². The van der Waals surface area contributed by atoms with Gasteiger partial charge >= 0.3 is 0 Å². The summed E-state index contributed by atoms with van der Waals surface area (Å²) in [5, 5.41) is 14.5. The maximum absolute atomic E-state index is 10.9. The fraction of sp³-hybridized carbons (Fsp3) is 0.0769. The van der Waals surface area contributed by atoms with Crippen LogP contribution in [-0.4, -0.2) is 4.92 Å². The topological polar surface area (TPSA) is 93.2 Å². The molecule has 6 nitrogen and oxygen atoms in total. The van der Waals surface area contributed by atoms with E-state index in [2.05, 4.69) is 10.7 Å². The summed E-state index contributed by atoms with van der Waals surface area (Å²) in [7, 11) is 0. The van der Waals surface area contributed by atoms with Crippen molar-refractivity contribution in [1.29, 1.82) is 0 Å². The SMILES string of the molecule is Cc1ccc(Nc2cc(NN)cc([N+](=O)[O-])c2)cc1Cl. The van der Waals surface area contributed by atoms with E-state index in [0.717, 1.165) is 11.3 Å². The van der Waals surface area contributed by atoms with Crippen LogP contribution < -0.4 is 16.6 Å². The maximum atomic E-state index is 10.9. The average Bonchev–Trinajstić information content (AvgIpc) is 2.42. The molecular weight excluding hydrogens is 280 g/mol. The third-order valence-electron chi connectivity index (χ3n) is 2.76. The van der Waals surface area contributed by atoms with E-state index in [1.807, 2.05) is 19.1 Å². The number of hydrogen-bond donors (Lipinski definition) is 3. The van der Waals surface area contributed by atoms with Crippen molar-refractivity contribution in [3.8, 4) is 0 Å². The van der Waals surface area contributed by atoms with Gasteiger partial charge in [-0.25, -0.2) is 0 Å². The highest BCUT2D eigenvalue weighted by molar-refractivity contribution is 6.31. The number of nitrogen functional groups attached to an aromatic ring is 1. The van der Waals surface area contributed by atoms with Crippen LogP contribution in [0.4, 0.5) is 22.7 Å². The minimum absolute atomic E-state index is 0.0545. The fourth-order valence-corrected chi connectivity index (χ4v) is 1.89. The Hall–Kier alpha value is -2.31. The van der Waals surface area contributed by atoms with Crippen molar-refractivity contribution in [2.45, 2.75) is 6.92 Å². The number of halogens is 1. The molecule has 2 rings (SSSR count). The summed E-state index contributed by atoms with van der Waals surface area (Å²) < 4.78 is 0. The third kappa shape index (κ3) is 3.17. The number of aryl methyl sites for hydroxylation is 1. The van der Waals surface area contributed by atoms with E-state index in [9.17, 15) is 10.1 Å². The third-order valence-corrected chi connectivity index (χ3v) is 3.16. The quantitative estimate of drug-likeness (QED) is 0.455. The minimum Gasteiger partial charge on any atom is -0.355 e. The highest BCUT2D eigenvalue weighted by Crippen LogP contribution is 2.28. The lowest BCUT2D eigenvalue weighted by molar-refractivity contribution is -0.384. The van der Waals surface area contributed by atoms with Gasteiger partial charge in [-0.2, -0.15) is 0 Å². The number of benzene rings is 2. The summed E-state index contributed by atoms with van der Waals surface area (Å²) >= 11 is 6.04. The van der Waals surface area contributed by atoms with Gasteiger partial charge in [0.05, 0.1) is 10.6 Å². The van der Waals surface area contributed by atoms with Gasteiger partial charge in [0.2, 0.25) is 0 Å². The molecule has 0 atom stereocenters. The molecule has 2 aromatic carbocycles. The summed E-state index contributed by atoms with van der Waals surface area (Å²) in [6.45, 7) is 1.90. The molecule has 0 unspecified atom stereocenters. The number of nitro benzene ring substituents is 1. The molecule has 0 fully saturated rings. The number of hydrogen-bond acceptors (Lipinski definition) is 5. The average molecular weight is 293 g/mol. The van der Waals surface area contributed by atoms with E-state index in [-0.39, 0.29) is 5.69 Å². The molecule has 0 heterocycles. The second kappa shape index (κ2) is 5.77. The second-order valence-corrected chi connectivity index (χ2v) is 4.67. The lowest BCUT2D eigenvalue weighted by Gasteiger charge is -2.09. The number of anilines is 3. The van der Waals surface area contributed by atoms with Crippen molar-refractivity contribution in [2.75, 3.05) is 10.7 Å².